The fourth-order valence-electron chi connectivity index (χ4n) is 2.86. The van der Waals surface area contributed by atoms with Crippen LogP contribution in [0.15, 0.2) is 17.6 Å². The van der Waals surface area contributed by atoms with Crippen LogP contribution in [0.2, 0.25) is 0 Å². The van der Waals surface area contributed by atoms with Gasteiger partial charge in [0.15, 0.2) is 16.6 Å². The van der Waals surface area contributed by atoms with Gasteiger partial charge in [-0.25, -0.2) is 14.8 Å². The molecule has 30 heavy (non-hydrogen) atoms. The van der Waals surface area contributed by atoms with E-state index < -0.39 is 29.3 Å². The number of hydrogen-bond donors (Lipinski definition) is 0. The van der Waals surface area contributed by atoms with Crippen LogP contribution in [0.3, 0.4) is 0 Å². The van der Waals surface area contributed by atoms with Crippen LogP contribution in [-0.2, 0) is 10.9 Å². The van der Waals surface area contributed by atoms with Crippen LogP contribution in [0.25, 0.3) is 11.3 Å². The van der Waals surface area contributed by atoms with E-state index in [0.29, 0.717) is 18.7 Å². The predicted octanol–water partition coefficient (Wildman–Crippen LogP) is 3.88. The van der Waals surface area contributed by atoms with E-state index in [2.05, 4.69) is 15.1 Å². The lowest BCUT2D eigenvalue weighted by atomic mass is 10.1. The van der Waals surface area contributed by atoms with E-state index in [9.17, 15) is 18.0 Å². The van der Waals surface area contributed by atoms with E-state index in [-0.39, 0.29) is 16.9 Å². The highest BCUT2D eigenvalue weighted by atomic mass is 32.2. The Morgan fingerprint density at radius 3 is 2.43 bits per heavy atom. The lowest BCUT2D eigenvalue weighted by Crippen LogP contribution is -2.52. The summed E-state index contributed by atoms with van der Waals surface area (Å²) in [5.41, 5.74) is -1.34. The van der Waals surface area contributed by atoms with E-state index in [1.807, 2.05) is 0 Å². The molecule has 2 aromatic rings. The molecule has 1 saturated heterocycles. The van der Waals surface area contributed by atoms with Crippen LogP contribution in [0.1, 0.15) is 32.5 Å². The third-order valence-corrected chi connectivity index (χ3v) is 4.81. The van der Waals surface area contributed by atoms with E-state index in [4.69, 9.17) is 9.47 Å². The quantitative estimate of drug-likeness (QED) is 0.522. The second kappa shape index (κ2) is 7.97. The molecule has 1 fully saturated rings. The van der Waals surface area contributed by atoms with E-state index in [1.165, 1.54) is 11.1 Å². The minimum Gasteiger partial charge on any atom is -0.492 e. The van der Waals surface area contributed by atoms with Crippen molar-refractivity contribution in [2.45, 2.75) is 43.7 Å². The van der Waals surface area contributed by atoms with Crippen molar-refractivity contribution >= 4 is 17.9 Å². The highest BCUT2D eigenvalue weighted by Gasteiger charge is 2.39. The molecule has 0 saturated carbocycles. The number of carbonyl (C=O) groups excluding carboxylic acids is 1. The molecule has 0 bridgehead atoms. The van der Waals surface area contributed by atoms with Crippen molar-refractivity contribution in [1.29, 1.82) is 0 Å². The van der Waals surface area contributed by atoms with E-state index in [0.717, 1.165) is 18.9 Å². The molecular weight excluding hydrogens is 423 g/mol. The molecule has 0 radical (unpaired) electrons. The van der Waals surface area contributed by atoms with Crippen molar-refractivity contribution in [2.24, 2.45) is 0 Å². The number of carbonyl (C=O) groups is 1. The lowest BCUT2D eigenvalue weighted by Gasteiger charge is -2.39. The molecule has 0 aliphatic carbocycles. The number of ether oxygens (including phenoxy) is 2. The summed E-state index contributed by atoms with van der Waals surface area (Å²) in [6.07, 6.45) is -0.500. The zero-order chi connectivity index (χ0) is 22.3. The molecular formula is C18H22F3N5O3S. The summed E-state index contributed by atoms with van der Waals surface area (Å²) in [4.78, 5) is 21.4. The average molecular weight is 445 g/mol. The molecule has 0 aromatic carbocycles. The maximum Gasteiger partial charge on any atom is 0.437 e. The van der Waals surface area contributed by atoms with Crippen molar-refractivity contribution in [3.8, 4) is 17.0 Å². The first-order valence-corrected chi connectivity index (χ1v) is 10.2. The SMILES string of the molecule is COc1c(-c2cnn(C3CN(C(=O)OC(C)(C)C)C3)c2)nc(SC)nc1C(F)(F)F. The monoisotopic (exact) mass is 445 g/mol. The first-order chi connectivity index (χ1) is 13.9. The summed E-state index contributed by atoms with van der Waals surface area (Å²) in [5, 5.41) is 4.22. The first kappa shape index (κ1) is 22.2. The van der Waals surface area contributed by atoms with Gasteiger partial charge in [0.05, 0.1) is 19.3 Å². The summed E-state index contributed by atoms with van der Waals surface area (Å²) >= 11 is 1.00. The molecule has 8 nitrogen and oxygen atoms in total. The van der Waals surface area contributed by atoms with Crippen molar-refractivity contribution in [1.82, 2.24) is 24.6 Å². The molecule has 12 heteroatoms. The number of amides is 1. The number of nitrogens with zero attached hydrogens (tertiary/aromatic N) is 5. The fraction of sp³-hybridized carbons (Fsp3) is 0.556. The van der Waals surface area contributed by atoms with Crippen molar-refractivity contribution in [2.75, 3.05) is 26.5 Å². The van der Waals surface area contributed by atoms with Gasteiger partial charge in [0, 0.05) is 24.8 Å². The zero-order valence-electron chi connectivity index (χ0n) is 17.1. The Kier molecular flexibility index (Phi) is 5.89. The van der Waals surface area contributed by atoms with Gasteiger partial charge in [-0.15, -0.1) is 0 Å². The van der Waals surface area contributed by atoms with Crippen LogP contribution in [0, 0.1) is 0 Å². The number of likely N-dealkylation sites (tertiary alicyclic amines) is 1. The van der Waals surface area contributed by atoms with Crippen LogP contribution in [-0.4, -0.2) is 62.8 Å². The average Bonchev–Trinajstić information content (AvgIpc) is 3.06. The molecule has 3 heterocycles. The van der Waals surface area contributed by atoms with Gasteiger partial charge in [0.1, 0.15) is 11.3 Å². The Morgan fingerprint density at radius 2 is 1.90 bits per heavy atom. The number of alkyl halides is 3. The molecule has 1 amide bonds. The van der Waals surface area contributed by atoms with Gasteiger partial charge in [0.25, 0.3) is 0 Å². The van der Waals surface area contributed by atoms with Gasteiger partial charge in [-0.3, -0.25) is 4.68 Å². The number of methoxy groups -OCH3 is 1. The van der Waals surface area contributed by atoms with Gasteiger partial charge >= 0.3 is 12.3 Å². The molecule has 164 valence electrons. The molecule has 0 atom stereocenters. The van der Waals surface area contributed by atoms with Crippen molar-refractivity contribution < 1.29 is 27.4 Å². The fourth-order valence-corrected chi connectivity index (χ4v) is 3.23. The van der Waals surface area contributed by atoms with Crippen LogP contribution >= 0.6 is 11.8 Å². The number of thioether (sulfide) groups is 1. The minimum atomic E-state index is -4.69. The number of aromatic nitrogens is 4. The Labute approximate surface area is 175 Å². The summed E-state index contributed by atoms with van der Waals surface area (Å²) in [6, 6.07) is -0.110. The highest BCUT2D eigenvalue weighted by Crippen LogP contribution is 2.41. The van der Waals surface area contributed by atoms with Crippen LogP contribution in [0.4, 0.5) is 18.0 Å². The third-order valence-electron chi connectivity index (χ3n) is 4.26. The lowest BCUT2D eigenvalue weighted by molar-refractivity contribution is -0.142. The summed E-state index contributed by atoms with van der Waals surface area (Å²) in [5.74, 6) is -0.455. The summed E-state index contributed by atoms with van der Waals surface area (Å²) in [7, 11) is 1.14. The van der Waals surface area contributed by atoms with Crippen LogP contribution in [0.5, 0.6) is 5.75 Å². The minimum absolute atomic E-state index is 0.0127. The topological polar surface area (TPSA) is 82.4 Å². The maximum atomic E-state index is 13.4. The second-order valence-corrected chi connectivity index (χ2v) is 8.46. The standard InChI is InChI=1S/C18H22F3N5O3S/c1-17(2,3)29-16(27)25-8-11(9-25)26-7-10(6-22-26)12-13(28-4)14(18(19,20)21)24-15(23-12)30-5/h6-7,11H,8-9H2,1-5H3. The summed E-state index contributed by atoms with van der Waals surface area (Å²) in [6.45, 7) is 6.14. The molecule has 1 aliphatic heterocycles. The normalized spacial score (nSPS) is 15.1. The smallest absolute Gasteiger partial charge is 0.437 e. The van der Waals surface area contributed by atoms with Crippen molar-refractivity contribution in [3.63, 3.8) is 0 Å². The highest BCUT2D eigenvalue weighted by molar-refractivity contribution is 7.98. The Hall–Kier alpha value is -2.50. The number of hydrogen-bond acceptors (Lipinski definition) is 7. The Bertz CT molecular complexity index is 936. The Morgan fingerprint density at radius 1 is 1.23 bits per heavy atom. The van der Waals surface area contributed by atoms with Crippen LogP contribution < -0.4 is 4.74 Å². The van der Waals surface area contributed by atoms with E-state index in [1.54, 1.807) is 37.9 Å². The predicted molar refractivity (Wildman–Crippen MR) is 103 cm³/mol. The molecule has 0 N–H and O–H groups in total. The van der Waals surface area contributed by atoms with Gasteiger partial charge in [-0.05, 0) is 27.0 Å². The molecule has 0 unspecified atom stereocenters. The van der Waals surface area contributed by atoms with Gasteiger partial charge in [-0.1, -0.05) is 11.8 Å². The zero-order valence-corrected chi connectivity index (χ0v) is 18.0. The van der Waals surface area contributed by atoms with E-state index >= 15 is 0 Å². The number of halogens is 3. The second-order valence-electron chi connectivity index (χ2n) is 7.69. The first-order valence-electron chi connectivity index (χ1n) is 9.02. The van der Waals surface area contributed by atoms with Gasteiger partial charge in [0.2, 0.25) is 0 Å². The van der Waals surface area contributed by atoms with Gasteiger partial charge in [-0.2, -0.15) is 18.3 Å². The summed E-state index contributed by atoms with van der Waals surface area (Å²) < 4.78 is 52.2. The molecule has 1 aliphatic rings. The maximum absolute atomic E-state index is 13.4. The number of rotatable bonds is 4. The van der Waals surface area contributed by atoms with Gasteiger partial charge < -0.3 is 14.4 Å². The largest absolute Gasteiger partial charge is 0.492 e. The molecule has 0 spiro atoms. The molecule has 2 aromatic heterocycles. The van der Waals surface area contributed by atoms with Crippen molar-refractivity contribution in [3.05, 3.63) is 18.1 Å². The Balaban J connectivity index is 1.83. The third kappa shape index (κ3) is 4.63. The molecule has 3 rings (SSSR count).